The molecule has 1 aliphatic carbocycles. The maximum absolute atomic E-state index is 11.9. The number of amides is 2. The number of hydrogen-bond donors (Lipinski definition) is 2. The van der Waals surface area contributed by atoms with Gasteiger partial charge in [-0.1, -0.05) is 17.3 Å². The average Bonchev–Trinajstić information content (AvgIpc) is 3.13. The summed E-state index contributed by atoms with van der Waals surface area (Å²) in [4.78, 5) is 38.6. The second-order valence-corrected chi connectivity index (χ2v) is 6.19. The summed E-state index contributed by atoms with van der Waals surface area (Å²) in [6.07, 6.45) is 4.06. The summed E-state index contributed by atoms with van der Waals surface area (Å²) < 4.78 is 0. The van der Waals surface area contributed by atoms with Crippen molar-refractivity contribution in [1.29, 1.82) is 0 Å². The van der Waals surface area contributed by atoms with Gasteiger partial charge in [0, 0.05) is 23.5 Å². The zero-order valence-corrected chi connectivity index (χ0v) is 14.9. The number of anilines is 2. The van der Waals surface area contributed by atoms with Gasteiger partial charge in [0.05, 0.1) is 4.92 Å². The molecule has 2 aromatic rings. The molecule has 2 aromatic carbocycles. The molecule has 28 heavy (non-hydrogen) atoms. The number of rotatable bonds is 7. The molecular formula is C19H18N4O5. The number of hydrogen-bond acceptors (Lipinski definition) is 6. The van der Waals surface area contributed by atoms with Crippen LogP contribution in [-0.2, 0) is 27.3 Å². The Morgan fingerprint density at radius 1 is 1.11 bits per heavy atom. The van der Waals surface area contributed by atoms with Crippen molar-refractivity contribution in [3.8, 4) is 0 Å². The molecule has 144 valence electrons. The van der Waals surface area contributed by atoms with E-state index in [0.717, 1.165) is 25.5 Å². The first-order valence-corrected chi connectivity index (χ1v) is 8.64. The van der Waals surface area contributed by atoms with Crippen LogP contribution in [-0.4, -0.2) is 29.6 Å². The third kappa shape index (κ3) is 5.13. The Labute approximate surface area is 160 Å². The number of carbonyl (C=O) groups is 2. The van der Waals surface area contributed by atoms with Gasteiger partial charge in [0.15, 0.2) is 6.61 Å². The lowest BCUT2D eigenvalue weighted by Crippen LogP contribution is -2.18. The lowest BCUT2D eigenvalue weighted by atomic mass is 10.1. The molecule has 0 fully saturated rings. The van der Waals surface area contributed by atoms with Crippen LogP contribution in [0.15, 0.2) is 47.6 Å². The second-order valence-electron chi connectivity index (χ2n) is 6.19. The van der Waals surface area contributed by atoms with Gasteiger partial charge in [-0.05, 0) is 48.6 Å². The number of benzene rings is 2. The van der Waals surface area contributed by atoms with E-state index in [4.69, 9.17) is 4.84 Å². The molecule has 0 radical (unpaired) electrons. The lowest BCUT2D eigenvalue weighted by molar-refractivity contribution is -0.384. The van der Waals surface area contributed by atoms with Crippen LogP contribution < -0.4 is 10.6 Å². The third-order valence-corrected chi connectivity index (χ3v) is 4.15. The van der Waals surface area contributed by atoms with Gasteiger partial charge < -0.3 is 15.5 Å². The molecule has 3 rings (SSSR count). The molecule has 0 saturated carbocycles. The van der Waals surface area contributed by atoms with Gasteiger partial charge in [-0.2, -0.15) is 0 Å². The van der Waals surface area contributed by atoms with Crippen molar-refractivity contribution in [2.24, 2.45) is 5.16 Å². The fraction of sp³-hybridized carbons (Fsp3) is 0.211. The molecule has 2 N–H and O–H groups in total. The van der Waals surface area contributed by atoms with Crippen LogP contribution in [0.3, 0.4) is 0 Å². The molecule has 0 saturated heterocycles. The highest BCUT2D eigenvalue weighted by atomic mass is 16.6. The number of nitrogens with one attached hydrogen (secondary N) is 2. The van der Waals surface area contributed by atoms with Gasteiger partial charge in [-0.15, -0.1) is 0 Å². The molecule has 0 aromatic heterocycles. The number of nitrogens with zero attached hydrogens (tertiary/aromatic N) is 2. The zero-order valence-electron chi connectivity index (χ0n) is 14.9. The van der Waals surface area contributed by atoms with Gasteiger partial charge >= 0.3 is 0 Å². The van der Waals surface area contributed by atoms with Crippen LogP contribution >= 0.6 is 0 Å². The maximum atomic E-state index is 11.9. The minimum Gasteiger partial charge on any atom is -0.385 e. The number of aryl methyl sites for hydroxylation is 2. The molecule has 9 heteroatoms. The van der Waals surface area contributed by atoms with Gasteiger partial charge in [0.2, 0.25) is 0 Å². The minimum atomic E-state index is -0.639. The molecule has 0 aliphatic heterocycles. The largest absolute Gasteiger partial charge is 0.385 e. The molecule has 0 unspecified atom stereocenters. The predicted octanol–water partition coefficient (Wildman–Crippen LogP) is 2.66. The highest BCUT2D eigenvalue weighted by molar-refractivity contribution is 6.31. The Morgan fingerprint density at radius 3 is 2.71 bits per heavy atom. The summed E-state index contributed by atoms with van der Waals surface area (Å²) in [6.45, 7) is -0.350. The quantitative estimate of drug-likeness (QED) is 0.433. The van der Waals surface area contributed by atoms with E-state index in [2.05, 4.69) is 15.8 Å². The molecule has 0 bridgehead atoms. The predicted molar refractivity (Wildman–Crippen MR) is 103 cm³/mol. The van der Waals surface area contributed by atoms with Crippen molar-refractivity contribution in [1.82, 2.24) is 0 Å². The van der Waals surface area contributed by atoms with Gasteiger partial charge in [0.1, 0.15) is 6.21 Å². The van der Waals surface area contributed by atoms with Crippen LogP contribution in [0.2, 0.25) is 0 Å². The Kier molecular flexibility index (Phi) is 5.95. The molecule has 0 heterocycles. The monoisotopic (exact) mass is 382 g/mol. The van der Waals surface area contributed by atoms with E-state index >= 15 is 0 Å². The standard InChI is InChI=1S/C19H18N4O5/c24-18(21-15-5-2-6-17(10-15)23(26)27)11-20-28-12-19(25)22-16-8-7-13-3-1-4-14(13)9-16/h2,5-11H,1,3-4,12H2,(H,21,24)(H,22,25)/b20-11-. The Morgan fingerprint density at radius 2 is 1.89 bits per heavy atom. The first-order chi connectivity index (χ1) is 13.5. The average molecular weight is 382 g/mol. The zero-order chi connectivity index (χ0) is 19.9. The van der Waals surface area contributed by atoms with Crippen molar-refractivity contribution in [2.75, 3.05) is 17.2 Å². The highest BCUT2D eigenvalue weighted by Gasteiger charge is 2.12. The fourth-order valence-corrected chi connectivity index (χ4v) is 2.90. The van der Waals surface area contributed by atoms with Gasteiger partial charge in [-0.25, -0.2) is 0 Å². The fourth-order valence-electron chi connectivity index (χ4n) is 2.90. The van der Waals surface area contributed by atoms with E-state index in [1.54, 1.807) is 0 Å². The van der Waals surface area contributed by atoms with Crippen LogP contribution in [0.1, 0.15) is 17.5 Å². The summed E-state index contributed by atoms with van der Waals surface area (Å²) >= 11 is 0. The summed E-state index contributed by atoms with van der Waals surface area (Å²) in [5.74, 6) is -1.03. The number of nitro groups is 1. The number of carbonyl (C=O) groups excluding carboxylic acids is 2. The summed E-state index contributed by atoms with van der Waals surface area (Å²) in [5.41, 5.74) is 3.36. The van der Waals surface area contributed by atoms with E-state index in [1.807, 2.05) is 18.2 Å². The molecule has 1 aliphatic rings. The molecule has 0 atom stereocenters. The molecule has 0 spiro atoms. The summed E-state index contributed by atoms with van der Waals surface area (Å²) in [5, 5.41) is 19.3. The summed E-state index contributed by atoms with van der Waals surface area (Å²) in [6, 6.07) is 11.3. The molecule has 9 nitrogen and oxygen atoms in total. The van der Waals surface area contributed by atoms with Crippen molar-refractivity contribution in [3.05, 3.63) is 63.7 Å². The topological polar surface area (TPSA) is 123 Å². The van der Waals surface area contributed by atoms with E-state index in [0.29, 0.717) is 5.69 Å². The van der Waals surface area contributed by atoms with E-state index in [1.165, 1.54) is 35.4 Å². The smallest absolute Gasteiger partial charge is 0.271 e. The second kappa shape index (κ2) is 8.76. The van der Waals surface area contributed by atoms with Crippen LogP contribution in [0.5, 0.6) is 0 Å². The SMILES string of the molecule is O=C(/C=N\OCC(=O)Nc1ccc2c(c1)CCC2)Nc1cccc([N+](=O)[O-])c1. The number of nitro benzene ring substituents is 1. The Balaban J connectivity index is 1.43. The van der Waals surface area contributed by atoms with Crippen molar-refractivity contribution >= 4 is 35.1 Å². The summed E-state index contributed by atoms with van der Waals surface area (Å²) in [7, 11) is 0. The van der Waals surface area contributed by atoms with E-state index < -0.39 is 16.7 Å². The van der Waals surface area contributed by atoms with Crippen molar-refractivity contribution in [2.45, 2.75) is 19.3 Å². The Bertz CT molecular complexity index is 942. The maximum Gasteiger partial charge on any atom is 0.271 e. The van der Waals surface area contributed by atoms with Crippen LogP contribution in [0.25, 0.3) is 0 Å². The Hall–Kier alpha value is -3.75. The van der Waals surface area contributed by atoms with Gasteiger partial charge in [-0.3, -0.25) is 19.7 Å². The lowest BCUT2D eigenvalue weighted by Gasteiger charge is -2.06. The molecule has 2 amide bonds. The van der Waals surface area contributed by atoms with Gasteiger partial charge in [0.25, 0.3) is 17.5 Å². The van der Waals surface area contributed by atoms with Crippen molar-refractivity contribution in [3.63, 3.8) is 0 Å². The van der Waals surface area contributed by atoms with Crippen LogP contribution in [0, 0.1) is 10.1 Å². The normalized spacial score (nSPS) is 12.4. The van der Waals surface area contributed by atoms with E-state index in [9.17, 15) is 19.7 Å². The first-order valence-electron chi connectivity index (χ1n) is 8.64. The van der Waals surface area contributed by atoms with E-state index in [-0.39, 0.29) is 18.0 Å². The molecular weight excluding hydrogens is 364 g/mol. The highest BCUT2D eigenvalue weighted by Crippen LogP contribution is 2.24. The number of fused-ring (bicyclic) bond motifs is 1. The minimum absolute atomic E-state index is 0.144. The van der Waals surface area contributed by atoms with Crippen molar-refractivity contribution < 1.29 is 19.3 Å². The first kappa shape index (κ1) is 19.0. The number of non-ortho nitro benzene ring substituents is 1. The number of oxime groups is 1. The van der Waals surface area contributed by atoms with Crippen LogP contribution in [0.4, 0.5) is 17.1 Å². The third-order valence-electron chi connectivity index (χ3n) is 4.15.